The van der Waals surface area contributed by atoms with Crippen LogP contribution in [-0.2, 0) is 23.1 Å². The Bertz CT molecular complexity index is 509. The first-order chi connectivity index (χ1) is 9.33. The number of urea groups is 1. The Balaban J connectivity index is 2.83. The third-order valence-corrected chi connectivity index (χ3v) is 2.44. The van der Waals surface area contributed by atoms with Crippen molar-refractivity contribution in [1.82, 2.24) is 14.7 Å². The van der Waals surface area contributed by atoms with Crippen LogP contribution in [0.5, 0.6) is 0 Å². The van der Waals surface area contributed by atoms with Crippen molar-refractivity contribution in [3.05, 3.63) is 11.9 Å². The van der Waals surface area contributed by atoms with E-state index in [0.29, 0.717) is 17.8 Å². The largest absolute Gasteiger partial charge is 0.480 e. The van der Waals surface area contributed by atoms with Crippen molar-refractivity contribution in [2.45, 2.75) is 13.3 Å². The van der Waals surface area contributed by atoms with Gasteiger partial charge < -0.3 is 21.1 Å². The molecule has 0 bridgehead atoms. The maximum absolute atomic E-state index is 12.0. The SMILES string of the molecule is CCc1nn(C)cc1NC(=O)N(CC(N)=O)CC(=O)O. The number of aryl methyl sites for hydroxylation is 2. The maximum atomic E-state index is 12.0. The number of anilines is 1. The molecule has 0 aliphatic heterocycles. The molecule has 0 saturated carbocycles. The van der Waals surface area contributed by atoms with Gasteiger partial charge in [-0.25, -0.2) is 4.79 Å². The molecule has 1 rings (SSSR count). The minimum absolute atomic E-state index is 0.472. The highest BCUT2D eigenvalue weighted by Crippen LogP contribution is 2.14. The number of rotatable bonds is 6. The van der Waals surface area contributed by atoms with Crippen molar-refractivity contribution < 1.29 is 19.5 Å². The third kappa shape index (κ3) is 4.26. The van der Waals surface area contributed by atoms with Crippen LogP contribution in [-0.4, -0.2) is 50.8 Å². The molecule has 1 aromatic rings. The standard InChI is InChI=1S/C11H17N5O4/c1-3-7-8(4-15(2)14-7)13-11(20)16(5-9(12)17)6-10(18)19/h4H,3,5-6H2,1-2H3,(H2,12,17)(H,13,20)(H,18,19). The van der Waals surface area contributed by atoms with Gasteiger partial charge in [-0.05, 0) is 6.42 Å². The molecule has 0 aromatic carbocycles. The summed E-state index contributed by atoms with van der Waals surface area (Å²) in [6.07, 6.45) is 2.20. The maximum Gasteiger partial charge on any atom is 0.323 e. The number of carboxylic acids is 1. The molecule has 0 unspecified atom stereocenters. The second kappa shape index (κ2) is 6.55. The number of aliphatic carboxylic acids is 1. The van der Waals surface area contributed by atoms with Crippen LogP contribution in [0.1, 0.15) is 12.6 Å². The van der Waals surface area contributed by atoms with Gasteiger partial charge >= 0.3 is 12.0 Å². The smallest absolute Gasteiger partial charge is 0.323 e. The second-order valence-corrected chi connectivity index (χ2v) is 4.16. The number of nitrogens with one attached hydrogen (secondary N) is 1. The van der Waals surface area contributed by atoms with Gasteiger partial charge in [0.1, 0.15) is 13.1 Å². The summed E-state index contributed by atoms with van der Waals surface area (Å²) >= 11 is 0. The number of hydrogen-bond acceptors (Lipinski definition) is 4. The summed E-state index contributed by atoms with van der Waals surface area (Å²) in [7, 11) is 1.70. The molecular formula is C11H17N5O4. The molecule has 1 aromatic heterocycles. The molecule has 0 radical (unpaired) electrons. The lowest BCUT2D eigenvalue weighted by Crippen LogP contribution is -2.43. The van der Waals surface area contributed by atoms with Crippen LogP contribution in [0, 0.1) is 0 Å². The van der Waals surface area contributed by atoms with Gasteiger partial charge in [-0.2, -0.15) is 5.10 Å². The van der Waals surface area contributed by atoms with Crippen LogP contribution in [0.25, 0.3) is 0 Å². The summed E-state index contributed by atoms with van der Waals surface area (Å²) in [6.45, 7) is 0.784. The van der Waals surface area contributed by atoms with Crippen LogP contribution in [0.4, 0.5) is 10.5 Å². The topological polar surface area (TPSA) is 131 Å². The molecular weight excluding hydrogens is 266 g/mol. The molecule has 4 N–H and O–H groups in total. The molecule has 1 heterocycles. The predicted molar refractivity (Wildman–Crippen MR) is 70.0 cm³/mol. The van der Waals surface area contributed by atoms with Crippen LogP contribution < -0.4 is 11.1 Å². The molecule has 0 aliphatic rings. The van der Waals surface area contributed by atoms with Crippen molar-refractivity contribution >= 4 is 23.6 Å². The van der Waals surface area contributed by atoms with Gasteiger partial charge in [0.25, 0.3) is 0 Å². The number of aromatic nitrogens is 2. The van der Waals surface area contributed by atoms with E-state index in [9.17, 15) is 14.4 Å². The fourth-order valence-corrected chi connectivity index (χ4v) is 1.65. The summed E-state index contributed by atoms with van der Waals surface area (Å²) in [6, 6.07) is -0.714. The van der Waals surface area contributed by atoms with E-state index in [0.717, 1.165) is 4.90 Å². The Morgan fingerprint density at radius 1 is 1.45 bits per heavy atom. The second-order valence-electron chi connectivity index (χ2n) is 4.16. The molecule has 3 amide bonds. The summed E-state index contributed by atoms with van der Waals surface area (Å²) in [5.41, 5.74) is 6.12. The van der Waals surface area contributed by atoms with Gasteiger partial charge in [0, 0.05) is 13.2 Å². The minimum atomic E-state index is -1.23. The number of nitrogens with two attached hydrogens (primary N) is 1. The third-order valence-electron chi connectivity index (χ3n) is 2.44. The van der Waals surface area contributed by atoms with Gasteiger partial charge in [0.05, 0.1) is 11.4 Å². The van der Waals surface area contributed by atoms with Gasteiger partial charge in [0.2, 0.25) is 5.91 Å². The van der Waals surface area contributed by atoms with E-state index in [-0.39, 0.29) is 0 Å². The number of carbonyl (C=O) groups is 3. The predicted octanol–water partition coefficient (Wildman–Crippen LogP) is -0.614. The molecule has 20 heavy (non-hydrogen) atoms. The van der Waals surface area contributed by atoms with Crippen molar-refractivity contribution in [2.24, 2.45) is 12.8 Å². The Morgan fingerprint density at radius 2 is 2.10 bits per heavy atom. The average molecular weight is 283 g/mol. The zero-order chi connectivity index (χ0) is 15.3. The van der Waals surface area contributed by atoms with Crippen molar-refractivity contribution in [1.29, 1.82) is 0 Å². The van der Waals surface area contributed by atoms with Crippen molar-refractivity contribution in [3.8, 4) is 0 Å². The zero-order valence-electron chi connectivity index (χ0n) is 11.3. The Kier molecular flexibility index (Phi) is 5.07. The van der Waals surface area contributed by atoms with Crippen LogP contribution in [0.3, 0.4) is 0 Å². The lowest BCUT2D eigenvalue weighted by atomic mass is 10.3. The number of nitrogens with zero attached hydrogens (tertiary/aromatic N) is 3. The van der Waals surface area contributed by atoms with E-state index in [1.807, 2.05) is 6.92 Å². The van der Waals surface area contributed by atoms with E-state index in [4.69, 9.17) is 10.8 Å². The zero-order valence-corrected chi connectivity index (χ0v) is 11.3. The molecule has 110 valence electrons. The highest BCUT2D eigenvalue weighted by Gasteiger charge is 2.20. The molecule has 0 aliphatic carbocycles. The first-order valence-corrected chi connectivity index (χ1v) is 5.92. The van der Waals surface area contributed by atoms with Crippen molar-refractivity contribution in [3.63, 3.8) is 0 Å². The highest BCUT2D eigenvalue weighted by atomic mass is 16.4. The molecule has 0 spiro atoms. The summed E-state index contributed by atoms with van der Waals surface area (Å²) in [5, 5.41) is 15.4. The monoisotopic (exact) mass is 283 g/mol. The van der Waals surface area contributed by atoms with Crippen LogP contribution in [0.15, 0.2) is 6.20 Å². The van der Waals surface area contributed by atoms with E-state index in [2.05, 4.69) is 10.4 Å². The minimum Gasteiger partial charge on any atom is -0.480 e. The van der Waals surface area contributed by atoms with Crippen LogP contribution in [0.2, 0.25) is 0 Å². The number of carbonyl (C=O) groups excluding carboxylic acids is 2. The Morgan fingerprint density at radius 3 is 2.60 bits per heavy atom. The fourth-order valence-electron chi connectivity index (χ4n) is 1.65. The molecule has 0 saturated heterocycles. The summed E-state index contributed by atoms with van der Waals surface area (Å²) < 4.78 is 1.53. The van der Waals surface area contributed by atoms with E-state index in [1.54, 1.807) is 13.2 Å². The Labute approximate surface area is 115 Å². The molecule has 9 nitrogen and oxygen atoms in total. The number of hydrogen-bond donors (Lipinski definition) is 3. The number of amides is 3. The average Bonchev–Trinajstić information content (AvgIpc) is 2.67. The van der Waals surface area contributed by atoms with Crippen LogP contribution >= 0.6 is 0 Å². The highest BCUT2D eigenvalue weighted by molar-refractivity contribution is 5.94. The Hall–Kier alpha value is -2.58. The lowest BCUT2D eigenvalue weighted by Gasteiger charge is -2.19. The summed E-state index contributed by atoms with van der Waals surface area (Å²) in [5.74, 6) is -2.02. The van der Waals surface area contributed by atoms with Gasteiger partial charge in [0.15, 0.2) is 0 Å². The summed E-state index contributed by atoms with van der Waals surface area (Å²) in [4.78, 5) is 34.3. The molecule has 0 atom stereocenters. The fraction of sp³-hybridized carbons (Fsp3) is 0.455. The molecule has 9 heteroatoms. The van der Waals surface area contributed by atoms with Gasteiger partial charge in [-0.15, -0.1) is 0 Å². The van der Waals surface area contributed by atoms with Gasteiger partial charge in [-0.1, -0.05) is 6.92 Å². The molecule has 0 fully saturated rings. The van der Waals surface area contributed by atoms with Gasteiger partial charge in [-0.3, -0.25) is 14.3 Å². The lowest BCUT2D eigenvalue weighted by molar-refractivity contribution is -0.137. The van der Waals surface area contributed by atoms with E-state index in [1.165, 1.54) is 4.68 Å². The van der Waals surface area contributed by atoms with E-state index >= 15 is 0 Å². The van der Waals surface area contributed by atoms with Crippen molar-refractivity contribution in [2.75, 3.05) is 18.4 Å². The number of primary amides is 1. The normalized spacial score (nSPS) is 10.1. The first kappa shape index (κ1) is 15.5. The number of carboxylic acid groups (broad SMARTS) is 1. The van der Waals surface area contributed by atoms with E-state index < -0.39 is 31.0 Å². The quantitative estimate of drug-likeness (QED) is 0.640. The first-order valence-electron chi connectivity index (χ1n) is 5.92.